The van der Waals surface area contributed by atoms with Gasteiger partial charge in [0.2, 0.25) is 0 Å². The van der Waals surface area contributed by atoms with Crippen molar-refractivity contribution in [1.29, 1.82) is 0 Å². The van der Waals surface area contributed by atoms with E-state index < -0.39 is 0 Å². The van der Waals surface area contributed by atoms with Crippen molar-refractivity contribution >= 4 is 0 Å². The molecule has 0 spiro atoms. The number of hydrogen-bond donors (Lipinski definition) is 0. The molecule has 2 heteroatoms. The summed E-state index contributed by atoms with van der Waals surface area (Å²) < 4.78 is 5.38. The number of likely N-dealkylation sites (N-methyl/N-ethyl adjacent to an activating group) is 1. The fraction of sp³-hybridized carbons (Fsp3) is 1.00. The van der Waals surface area contributed by atoms with Gasteiger partial charge in [-0.25, -0.2) is 0 Å². The van der Waals surface area contributed by atoms with Gasteiger partial charge in [-0.1, -0.05) is 0 Å². The van der Waals surface area contributed by atoms with Crippen molar-refractivity contribution < 1.29 is 4.74 Å². The number of likely N-dealkylation sites (tertiary alicyclic amines) is 1. The average Bonchev–Trinajstić information content (AvgIpc) is 2.23. The van der Waals surface area contributed by atoms with E-state index in [1.807, 2.05) is 0 Å². The quantitative estimate of drug-likeness (QED) is 0.441. The van der Waals surface area contributed by atoms with E-state index in [1.54, 1.807) is 0 Å². The Morgan fingerprint density at radius 3 is 2.75 bits per heavy atom. The van der Waals surface area contributed by atoms with Crippen molar-refractivity contribution in [3.05, 3.63) is 0 Å². The first kappa shape index (κ1) is 4.77. The summed E-state index contributed by atoms with van der Waals surface area (Å²) in [6, 6.07) is 0.750. The fourth-order valence-electron chi connectivity index (χ4n) is 1.59. The van der Waals surface area contributed by atoms with E-state index in [0.29, 0.717) is 6.10 Å². The molecule has 2 aliphatic heterocycles. The first-order chi connectivity index (χ1) is 3.86. The zero-order chi connectivity index (χ0) is 5.56. The Bertz CT molecular complexity index is 103. The molecule has 0 radical (unpaired) electrons. The maximum absolute atomic E-state index is 5.38. The van der Waals surface area contributed by atoms with Gasteiger partial charge in [-0.05, 0) is 13.5 Å². The molecule has 46 valence electrons. The normalized spacial score (nSPS) is 46.1. The SMILES string of the molecule is CN1C[C@H]2CC1CO2. The summed E-state index contributed by atoms with van der Waals surface area (Å²) in [4.78, 5) is 2.38. The van der Waals surface area contributed by atoms with Crippen molar-refractivity contribution in [2.24, 2.45) is 0 Å². The van der Waals surface area contributed by atoms with Crippen LogP contribution in [0.5, 0.6) is 0 Å². The Labute approximate surface area is 49.4 Å². The van der Waals surface area contributed by atoms with E-state index in [4.69, 9.17) is 4.74 Å². The van der Waals surface area contributed by atoms with E-state index >= 15 is 0 Å². The molecule has 0 aliphatic carbocycles. The molecule has 2 nitrogen and oxygen atoms in total. The van der Waals surface area contributed by atoms with E-state index in [-0.39, 0.29) is 0 Å². The molecule has 1 unspecified atom stereocenters. The standard InChI is InChI=1S/C6H11NO/c1-7-3-6-2-5(7)4-8-6/h5-6H,2-4H2,1H3/t5?,6-/m1/s1. The second-order valence-electron chi connectivity index (χ2n) is 2.78. The number of morpholine rings is 1. The van der Waals surface area contributed by atoms with E-state index in [2.05, 4.69) is 11.9 Å². The topological polar surface area (TPSA) is 12.5 Å². The first-order valence-corrected chi connectivity index (χ1v) is 3.18. The molecule has 8 heavy (non-hydrogen) atoms. The summed E-state index contributed by atoms with van der Waals surface area (Å²) in [6.07, 6.45) is 1.85. The lowest BCUT2D eigenvalue weighted by molar-refractivity contribution is 0.0416. The molecule has 0 aromatic carbocycles. The minimum absolute atomic E-state index is 0.574. The molecule has 0 aromatic heterocycles. The lowest BCUT2D eigenvalue weighted by Crippen LogP contribution is -2.33. The van der Waals surface area contributed by atoms with E-state index in [1.165, 1.54) is 6.42 Å². The average molecular weight is 113 g/mol. The second kappa shape index (κ2) is 1.45. The second-order valence-corrected chi connectivity index (χ2v) is 2.78. The van der Waals surface area contributed by atoms with Crippen molar-refractivity contribution in [2.45, 2.75) is 18.6 Å². The van der Waals surface area contributed by atoms with E-state index in [0.717, 1.165) is 19.2 Å². The summed E-state index contributed by atoms with van der Waals surface area (Å²) in [5.74, 6) is 0. The van der Waals surface area contributed by atoms with E-state index in [9.17, 15) is 0 Å². The van der Waals surface area contributed by atoms with Gasteiger partial charge in [-0.2, -0.15) is 0 Å². The molecule has 2 saturated heterocycles. The summed E-state index contributed by atoms with van der Waals surface area (Å²) >= 11 is 0. The van der Waals surface area contributed by atoms with Crippen LogP contribution in [0.1, 0.15) is 6.42 Å². The maximum Gasteiger partial charge on any atom is 0.0718 e. The molecular formula is C6H11NO. The van der Waals surface area contributed by atoms with Gasteiger partial charge in [0.1, 0.15) is 0 Å². The smallest absolute Gasteiger partial charge is 0.0718 e. The third-order valence-electron chi connectivity index (χ3n) is 2.17. The van der Waals surface area contributed by atoms with Crippen LogP contribution < -0.4 is 0 Å². The minimum Gasteiger partial charge on any atom is -0.375 e. The molecule has 2 bridgehead atoms. The Morgan fingerprint density at radius 1 is 1.62 bits per heavy atom. The van der Waals surface area contributed by atoms with Gasteiger partial charge in [0.15, 0.2) is 0 Å². The minimum atomic E-state index is 0.574. The highest BCUT2D eigenvalue weighted by molar-refractivity contribution is 4.89. The zero-order valence-corrected chi connectivity index (χ0v) is 5.13. The Morgan fingerprint density at radius 2 is 2.50 bits per heavy atom. The molecule has 2 atom stereocenters. The molecule has 0 saturated carbocycles. The van der Waals surface area contributed by atoms with Crippen LogP contribution in [0.2, 0.25) is 0 Å². The van der Waals surface area contributed by atoms with Crippen LogP contribution in [0.25, 0.3) is 0 Å². The lowest BCUT2D eigenvalue weighted by Gasteiger charge is -2.21. The Balaban J connectivity index is 2.11. The molecule has 2 fully saturated rings. The summed E-state index contributed by atoms with van der Waals surface area (Å²) in [5.41, 5.74) is 0. The van der Waals surface area contributed by atoms with Gasteiger partial charge in [0.25, 0.3) is 0 Å². The van der Waals surface area contributed by atoms with Crippen LogP contribution in [0.4, 0.5) is 0 Å². The van der Waals surface area contributed by atoms with Crippen molar-refractivity contribution in [2.75, 3.05) is 20.2 Å². The Hall–Kier alpha value is -0.0800. The largest absolute Gasteiger partial charge is 0.375 e. The Kier molecular flexibility index (Phi) is 0.866. The number of hydrogen-bond acceptors (Lipinski definition) is 2. The predicted octanol–water partition coefficient (Wildman–Crippen LogP) is 0.0893. The monoisotopic (exact) mass is 113 g/mol. The first-order valence-electron chi connectivity index (χ1n) is 3.18. The lowest BCUT2D eigenvalue weighted by atomic mass is 10.2. The number of ether oxygens (including phenoxy) is 1. The van der Waals surface area contributed by atoms with Crippen LogP contribution >= 0.6 is 0 Å². The van der Waals surface area contributed by atoms with Gasteiger partial charge in [0.05, 0.1) is 12.7 Å². The summed E-state index contributed by atoms with van der Waals surface area (Å²) in [6.45, 7) is 2.13. The van der Waals surface area contributed by atoms with Crippen molar-refractivity contribution in [1.82, 2.24) is 4.90 Å². The van der Waals surface area contributed by atoms with Crippen molar-refractivity contribution in [3.63, 3.8) is 0 Å². The van der Waals surface area contributed by atoms with Crippen LogP contribution in [-0.2, 0) is 4.74 Å². The molecular weight excluding hydrogens is 102 g/mol. The molecule has 2 rings (SSSR count). The number of nitrogens with zero attached hydrogens (tertiary/aromatic N) is 1. The molecule has 2 aliphatic rings. The molecule has 2 heterocycles. The van der Waals surface area contributed by atoms with Crippen molar-refractivity contribution in [3.8, 4) is 0 Å². The predicted molar refractivity (Wildman–Crippen MR) is 30.8 cm³/mol. The fourth-order valence-corrected chi connectivity index (χ4v) is 1.59. The summed E-state index contributed by atoms with van der Waals surface area (Å²) in [5, 5.41) is 0. The van der Waals surface area contributed by atoms with Gasteiger partial charge < -0.3 is 4.74 Å². The van der Waals surface area contributed by atoms with Gasteiger partial charge in [0, 0.05) is 12.6 Å². The highest BCUT2D eigenvalue weighted by Crippen LogP contribution is 2.25. The zero-order valence-electron chi connectivity index (χ0n) is 5.13. The molecule has 0 N–H and O–H groups in total. The number of fused-ring (bicyclic) bond motifs is 2. The third-order valence-corrected chi connectivity index (χ3v) is 2.17. The third kappa shape index (κ3) is 0.501. The van der Waals surface area contributed by atoms with Crippen LogP contribution in [0.3, 0.4) is 0 Å². The molecule has 0 aromatic rings. The highest BCUT2D eigenvalue weighted by Gasteiger charge is 2.36. The summed E-state index contributed by atoms with van der Waals surface area (Å²) in [7, 11) is 2.17. The maximum atomic E-state index is 5.38. The number of rotatable bonds is 0. The van der Waals surface area contributed by atoms with Gasteiger partial charge in [-0.15, -0.1) is 0 Å². The van der Waals surface area contributed by atoms with Gasteiger partial charge >= 0.3 is 0 Å². The van der Waals surface area contributed by atoms with Crippen LogP contribution in [0, 0.1) is 0 Å². The van der Waals surface area contributed by atoms with Gasteiger partial charge in [-0.3, -0.25) is 4.90 Å². The van der Waals surface area contributed by atoms with Crippen LogP contribution in [0.15, 0.2) is 0 Å². The van der Waals surface area contributed by atoms with Crippen LogP contribution in [-0.4, -0.2) is 37.2 Å². The molecule has 0 amide bonds. The highest BCUT2D eigenvalue weighted by atomic mass is 16.5.